The lowest BCUT2D eigenvalue weighted by molar-refractivity contribution is 0.0950. The van der Waals surface area contributed by atoms with Crippen molar-refractivity contribution in [3.8, 4) is 0 Å². The Labute approximate surface area is 145 Å². The summed E-state index contributed by atoms with van der Waals surface area (Å²) in [6, 6.07) is 17.2. The van der Waals surface area contributed by atoms with Crippen LogP contribution in [0.2, 0.25) is 0 Å². The van der Waals surface area contributed by atoms with Crippen LogP contribution in [0.3, 0.4) is 0 Å². The maximum atomic E-state index is 13.1. The molecule has 1 aromatic heterocycles. The number of benzene rings is 2. The third kappa shape index (κ3) is 4.07. The monoisotopic (exact) mass is 335 g/mol. The summed E-state index contributed by atoms with van der Waals surface area (Å²) >= 11 is 0. The number of hydrazone groups is 1. The minimum atomic E-state index is -0.374. The Kier molecular flexibility index (Phi) is 5.14. The van der Waals surface area contributed by atoms with E-state index in [1.165, 1.54) is 12.1 Å². The molecule has 126 valence electrons. The number of aromatic nitrogens is 1. The fourth-order valence-electron chi connectivity index (χ4n) is 2.51. The lowest BCUT2D eigenvalue weighted by Crippen LogP contribution is -2.21. The van der Waals surface area contributed by atoms with Crippen LogP contribution in [-0.4, -0.2) is 16.6 Å². The van der Waals surface area contributed by atoms with Crippen LogP contribution >= 0.6 is 0 Å². The molecule has 1 heterocycles. The minimum Gasteiger partial charge on any atom is -0.266 e. The van der Waals surface area contributed by atoms with E-state index in [1.54, 1.807) is 18.2 Å². The minimum absolute atomic E-state index is 0.302. The van der Waals surface area contributed by atoms with E-state index in [0.29, 0.717) is 17.8 Å². The molecule has 0 bridgehead atoms. The van der Waals surface area contributed by atoms with Gasteiger partial charge in [-0.3, -0.25) is 4.79 Å². The highest BCUT2D eigenvalue weighted by Gasteiger charge is 2.09. The first-order chi connectivity index (χ1) is 12.2. The Morgan fingerprint density at radius 2 is 1.84 bits per heavy atom. The van der Waals surface area contributed by atoms with Gasteiger partial charge in [0.2, 0.25) is 0 Å². The van der Waals surface area contributed by atoms with Crippen LogP contribution in [0.4, 0.5) is 4.39 Å². The van der Waals surface area contributed by atoms with Crippen LogP contribution in [0.1, 0.15) is 35.8 Å². The molecule has 4 nitrogen and oxygen atoms in total. The Morgan fingerprint density at radius 3 is 2.60 bits per heavy atom. The van der Waals surface area contributed by atoms with Gasteiger partial charge in [0.15, 0.2) is 0 Å². The summed E-state index contributed by atoms with van der Waals surface area (Å²) in [6.45, 7) is 2.02. The van der Waals surface area contributed by atoms with Gasteiger partial charge in [-0.2, -0.15) is 5.10 Å². The van der Waals surface area contributed by atoms with Crippen LogP contribution in [0.5, 0.6) is 0 Å². The smallest absolute Gasteiger partial charge is 0.266 e. The second-order valence-electron chi connectivity index (χ2n) is 5.65. The third-order valence-corrected chi connectivity index (χ3v) is 3.79. The van der Waals surface area contributed by atoms with Crippen molar-refractivity contribution in [3.63, 3.8) is 0 Å². The molecule has 25 heavy (non-hydrogen) atoms. The number of nitrogens with one attached hydrogen (secondary N) is 1. The van der Waals surface area contributed by atoms with Crippen molar-refractivity contribution >= 4 is 22.5 Å². The maximum Gasteiger partial charge on any atom is 0.289 e. The fourth-order valence-corrected chi connectivity index (χ4v) is 2.51. The zero-order chi connectivity index (χ0) is 17.6. The van der Waals surface area contributed by atoms with Gasteiger partial charge in [-0.25, -0.2) is 14.8 Å². The van der Waals surface area contributed by atoms with E-state index in [-0.39, 0.29) is 11.7 Å². The summed E-state index contributed by atoms with van der Waals surface area (Å²) < 4.78 is 13.1. The quantitative estimate of drug-likeness (QED) is 0.558. The summed E-state index contributed by atoms with van der Waals surface area (Å²) in [4.78, 5) is 16.7. The first kappa shape index (κ1) is 16.8. The van der Waals surface area contributed by atoms with Crippen molar-refractivity contribution in [3.05, 3.63) is 77.7 Å². The van der Waals surface area contributed by atoms with Gasteiger partial charge in [-0.1, -0.05) is 49.7 Å². The van der Waals surface area contributed by atoms with Crippen LogP contribution in [-0.2, 0) is 0 Å². The molecule has 3 rings (SSSR count). The average molecular weight is 335 g/mol. The largest absolute Gasteiger partial charge is 0.289 e. The predicted octanol–water partition coefficient (Wildman–Crippen LogP) is 4.31. The summed E-state index contributed by atoms with van der Waals surface area (Å²) in [5.41, 5.74) is 5.11. The van der Waals surface area contributed by atoms with E-state index in [4.69, 9.17) is 0 Å². The highest BCUT2D eigenvalue weighted by Crippen LogP contribution is 2.12. The highest BCUT2D eigenvalue weighted by atomic mass is 19.1. The zero-order valence-electron chi connectivity index (χ0n) is 13.9. The molecule has 3 aromatic rings. The number of halogens is 1. The van der Waals surface area contributed by atoms with Crippen molar-refractivity contribution in [2.75, 3.05) is 0 Å². The van der Waals surface area contributed by atoms with E-state index in [2.05, 4.69) is 15.5 Å². The molecule has 0 aliphatic rings. The van der Waals surface area contributed by atoms with E-state index >= 15 is 0 Å². The van der Waals surface area contributed by atoms with Crippen molar-refractivity contribution in [2.24, 2.45) is 5.10 Å². The Morgan fingerprint density at radius 1 is 1.08 bits per heavy atom. The number of fused-ring (bicyclic) bond motifs is 1. The average Bonchev–Trinajstić information content (AvgIpc) is 2.65. The second-order valence-corrected chi connectivity index (χ2v) is 5.65. The number of hydrogen-bond acceptors (Lipinski definition) is 3. The molecule has 0 saturated heterocycles. The molecule has 1 N–H and O–H groups in total. The third-order valence-electron chi connectivity index (χ3n) is 3.79. The molecule has 1 amide bonds. The van der Waals surface area contributed by atoms with Gasteiger partial charge in [0, 0.05) is 5.39 Å². The summed E-state index contributed by atoms with van der Waals surface area (Å²) in [6.07, 6.45) is 1.54. The molecule has 0 fully saturated rings. The van der Waals surface area contributed by atoms with Gasteiger partial charge < -0.3 is 0 Å². The van der Waals surface area contributed by atoms with Gasteiger partial charge >= 0.3 is 0 Å². The zero-order valence-corrected chi connectivity index (χ0v) is 13.9. The standard InChI is InChI=1S/C20H18FN3O/c1-2-5-18(15-8-11-16(21)12-9-15)23-24-20(25)19-13-10-14-6-3-4-7-17(14)22-19/h3-4,6-13H,2,5H2,1H3,(H,24,25)/b23-18+. The van der Waals surface area contributed by atoms with Crippen molar-refractivity contribution in [2.45, 2.75) is 19.8 Å². The maximum absolute atomic E-state index is 13.1. The molecular weight excluding hydrogens is 317 g/mol. The van der Waals surface area contributed by atoms with Crippen LogP contribution in [0, 0.1) is 5.82 Å². The number of nitrogens with zero attached hydrogens (tertiary/aromatic N) is 2. The lowest BCUT2D eigenvalue weighted by atomic mass is 10.1. The number of hydrogen-bond donors (Lipinski definition) is 1. The molecule has 0 aliphatic heterocycles. The first-order valence-corrected chi connectivity index (χ1v) is 8.16. The van der Waals surface area contributed by atoms with Gasteiger partial charge in [0.1, 0.15) is 11.5 Å². The van der Waals surface area contributed by atoms with Crippen molar-refractivity contribution < 1.29 is 9.18 Å². The summed E-state index contributed by atoms with van der Waals surface area (Å²) in [5, 5.41) is 5.20. The predicted molar refractivity (Wildman–Crippen MR) is 97.1 cm³/mol. The van der Waals surface area contributed by atoms with Crippen LogP contribution in [0.15, 0.2) is 65.8 Å². The van der Waals surface area contributed by atoms with Gasteiger partial charge in [-0.05, 0) is 36.2 Å². The van der Waals surface area contributed by atoms with Crippen LogP contribution < -0.4 is 5.43 Å². The molecule has 0 atom stereocenters. The van der Waals surface area contributed by atoms with Gasteiger partial charge in [0.25, 0.3) is 5.91 Å². The summed E-state index contributed by atoms with van der Waals surface area (Å²) in [7, 11) is 0. The number of rotatable bonds is 5. The van der Waals surface area contributed by atoms with Crippen molar-refractivity contribution in [1.29, 1.82) is 0 Å². The molecule has 0 spiro atoms. The fraction of sp³-hybridized carbons (Fsp3) is 0.150. The number of carbonyl (C=O) groups excluding carboxylic acids is 1. The molecular formula is C20H18FN3O. The number of pyridine rings is 1. The molecule has 0 radical (unpaired) electrons. The van der Waals surface area contributed by atoms with E-state index in [1.807, 2.05) is 37.3 Å². The summed E-state index contributed by atoms with van der Waals surface area (Å²) in [5.74, 6) is -0.675. The Bertz CT molecular complexity index is 920. The number of amides is 1. The van der Waals surface area contributed by atoms with E-state index < -0.39 is 0 Å². The normalized spacial score (nSPS) is 11.5. The molecule has 0 aliphatic carbocycles. The van der Waals surface area contributed by atoms with E-state index in [0.717, 1.165) is 22.9 Å². The van der Waals surface area contributed by atoms with Crippen molar-refractivity contribution in [1.82, 2.24) is 10.4 Å². The SMILES string of the molecule is CCC/C(=N\NC(=O)c1ccc2ccccc2n1)c1ccc(F)cc1. The van der Waals surface area contributed by atoms with E-state index in [9.17, 15) is 9.18 Å². The molecule has 5 heteroatoms. The highest BCUT2D eigenvalue weighted by molar-refractivity contribution is 6.02. The Balaban J connectivity index is 1.81. The van der Waals surface area contributed by atoms with Gasteiger partial charge in [0.05, 0.1) is 11.2 Å². The molecule has 2 aromatic carbocycles. The van der Waals surface area contributed by atoms with Gasteiger partial charge in [-0.15, -0.1) is 0 Å². The lowest BCUT2D eigenvalue weighted by Gasteiger charge is -2.07. The molecule has 0 unspecified atom stereocenters. The first-order valence-electron chi connectivity index (χ1n) is 8.16. The Hall–Kier alpha value is -3.08. The topological polar surface area (TPSA) is 54.4 Å². The molecule has 0 saturated carbocycles. The van der Waals surface area contributed by atoms with Crippen LogP contribution in [0.25, 0.3) is 10.9 Å². The second kappa shape index (κ2) is 7.66. The number of carbonyl (C=O) groups is 1. The number of para-hydroxylation sites is 1.